The summed E-state index contributed by atoms with van der Waals surface area (Å²) in [5.41, 5.74) is 1.60. The maximum Gasteiger partial charge on any atom is 0.141 e. The Bertz CT molecular complexity index is 672. The first-order chi connectivity index (χ1) is 9.24. The van der Waals surface area contributed by atoms with Gasteiger partial charge in [0.2, 0.25) is 0 Å². The first-order valence-electron chi connectivity index (χ1n) is 6.10. The standard InChI is InChI=1S/C14H12FN3O/c15-12-5-9(1-2-10(12)6-16)13-3-4-14-17-7-11(8-19)18(13)14/h1-2,5,7,13,19H,3-4,8H2. The topological polar surface area (TPSA) is 61.8 Å². The Morgan fingerprint density at radius 1 is 1.53 bits per heavy atom. The molecule has 1 N–H and O–H groups in total. The molecule has 1 aliphatic heterocycles. The van der Waals surface area contributed by atoms with Crippen LogP contribution in [0.4, 0.5) is 4.39 Å². The Hall–Kier alpha value is -2.19. The Morgan fingerprint density at radius 3 is 3.05 bits per heavy atom. The minimum absolute atomic E-state index is 0.0121. The molecule has 1 unspecified atom stereocenters. The summed E-state index contributed by atoms with van der Waals surface area (Å²) < 4.78 is 15.7. The minimum Gasteiger partial charge on any atom is -0.390 e. The number of hydrogen-bond acceptors (Lipinski definition) is 3. The third-order valence-corrected chi connectivity index (χ3v) is 3.56. The molecule has 0 spiro atoms. The number of fused-ring (bicyclic) bond motifs is 1. The number of aryl methyl sites for hydroxylation is 1. The van der Waals surface area contributed by atoms with E-state index in [1.807, 2.05) is 10.6 Å². The quantitative estimate of drug-likeness (QED) is 0.894. The van der Waals surface area contributed by atoms with Crippen LogP contribution in [0.25, 0.3) is 0 Å². The first-order valence-corrected chi connectivity index (χ1v) is 6.10. The lowest BCUT2D eigenvalue weighted by atomic mass is 10.0. The fraction of sp³-hybridized carbons (Fsp3) is 0.286. The van der Waals surface area contributed by atoms with Gasteiger partial charge in [-0.3, -0.25) is 0 Å². The highest BCUT2D eigenvalue weighted by molar-refractivity contribution is 5.36. The number of hydrogen-bond donors (Lipinski definition) is 1. The highest BCUT2D eigenvalue weighted by atomic mass is 19.1. The summed E-state index contributed by atoms with van der Waals surface area (Å²) in [5, 5.41) is 18.1. The lowest BCUT2D eigenvalue weighted by molar-refractivity contribution is 0.269. The van der Waals surface area contributed by atoms with Crippen LogP contribution in [-0.4, -0.2) is 14.7 Å². The lowest BCUT2D eigenvalue weighted by Crippen LogP contribution is -2.09. The summed E-state index contributed by atoms with van der Waals surface area (Å²) in [6.45, 7) is -0.0811. The van der Waals surface area contributed by atoms with Gasteiger partial charge in [0.25, 0.3) is 0 Å². The van der Waals surface area contributed by atoms with E-state index in [-0.39, 0.29) is 18.2 Å². The predicted molar refractivity (Wildman–Crippen MR) is 65.7 cm³/mol. The molecule has 0 bridgehead atoms. The normalized spacial score (nSPS) is 17.2. The van der Waals surface area contributed by atoms with E-state index in [0.29, 0.717) is 0 Å². The maximum atomic E-state index is 13.7. The number of aliphatic hydroxyl groups is 1. The van der Waals surface area contributed by atoms with E-state index >= 15 is 0 Å². The van der Waals surface area contributed by atoms with Crippen molar-refractivity contribution in [2.45, 2.75) is 25.5 Å². The van der Waals surface area contributed by atoms with Gasteiger partial charge in [0.1, 0.15) is 17.7 Å². The third-order valence-electron chi connectivity index (χ3n) is 3.56. The fourth-order valence-electron chi connectivity index (χ4n) is 2.66. The van der Waals surface area contributed by atoms with E-state index < -0.39 is 5.82 Å². The van der Waals surface area contributed by atoms with Gasteiger partial charge in [0.05, 0.1) is 30.1 Å². The van der Waals surface area contributed by atoms with Gasteiger partial charge in [-0.1, -0.05) is 6.07 Å². The van der Waals surface area contributed by atoms with E-state index in [2.05, 4.69) is 4.98 Å². The molecule has 0 aliphatic carbocycles. The molecule has 1 aliphatic rings. The Balaban J connectivity index is 2.04. The number of rotatable bonds is 2. The number of imidazole rings is 1. The van der Waals surface area contributed by atoms with Gasteiger partial charge < -0.3 is 9.67 Å². The van der Waals surface area contributed by atoms with Crippen molar-refractivity contribution in [2.24, 2.45) is 0 Å². The largest absolute Gasteiger partial charge is 0.390 e. The van der Waals surface area contributed by atoms with E-state index in [1.165, 1.54) is 12.1 Å². The molecule has 1 aromatic heterocycles. The zero-order valence-corrected chi connectivity index (χ0v) is 10.2. The van der Waals surface area contributed by atoms with E-state index in [4.69, 9.17) is 5.26 Å². The molecular formula is C14H12FN3O. The number of nitriles is 1. The lowest BCUT2D eigenvalue weighted by Gasteiger charge is -2.16. The van der Waals surface area contributed by atoms with Crippen LogP contribution in [0.2, 0.25) is 0 Å². The highest BCUT2D eigenvalue weighted by Crippen LogP contribution is 2.33. The fourth-order valence-corrected chi connectivity index (χ4v) is 2.66. The van der Waals surface area contributed by atoms with E-state index in [9.17, 15) is 9.50 Å². The molecule has 1 atom stereocenters. The van der Waals surface area contributed by atoms with Crippen LogP contribution in [0.15, 0.2) is 24.4 Å². The van der Waals surface area contributed by atoms with Crippen LogP contribution < -0.4 is 0 Å². The van der Waals surface area contributed by atoms with Crippen molar-refractivity contribution in [3.63, 3.8) is 0 Å². The van der Waals surface area contributed by atoms with E-state index in [0.717, 1.165) is 29.9 Å². The number of nitrogens with zero attached hydrogens (tertiary/aromatic N) is 3. The zero-order valence-electron chi connectivity index (χ0n) is 10.2. The smallest absolute Gasteiger partial charge is 0.141 e. The predicted octanol–water partition coefficient (Wildman–Crippen LogP) is 1.92. The van der Waals surface area contributed by atoms with Gasteiger partial charge in [-0.15, -0.1) is 0 Å². The SMILES string of the molecule is N#Cc1ccc(C2CCc3ncc(CO)n32)cc1F. The summed E-state index contributed by atoms with van der Waals surface area (Å²) in [5.74, 6) is 0.415. The molecule has 0 radical (unpaired) electrons. The summed E-state index contributed by atoms with van der Waals surface area (Å²) in [4.78, 5) is 4.26. The minimum atomic E-state index is -0.501. The molecule has 0 saturated carbocycles. The second-order valence-corrected chi connectivity index (χ2v) is 4.60. The molecular weight excluding hydrogens is 245 g/mol. The summed E-state index contributed by atoms with van der Waals surface area (Å²) >= 11 is 0. The molecule has 4 nitrogen and oxygen atoms in total. The van der Waals surface area contributed by atoms with Crippen molar-refractivity contribution in [3.05, 3.63) is 52.9 Å². The average molecular weight is 257 g/mol. The van der Waals surface area contributed by atoms with E-state index in [1.54, 1.807) is 12.3 Å². The van der Waals surface area contributed by atoms with Gasteiger partial charge in [0, 0.05) is 6.42 Å². The molecule has 1 aromatic carbocycles. The number of benzene rings is 1. The van der Waals surface area contributed by atoms with Gasteiger partial charge in [0.15, 0.2) is 0 Å². The van der Waals surface area contributed by atoms with Crippen molar-refractivity contribution in [1.82, 2.24) is 9.55 Å². The van der Waals surface area contributed by atoms with Gasteiger partial charge >= 0.3 is 0 Å². The molecule has 0 fully saturated rings. The summed E-state index contributed by atoms with van der Waals surface area (Å²) in [6, 6.07) is 6.47. The molecule has 0 saturated heterocycles. The zero-order chi connectivity index (χ0) is 13.4. The molecule has 19 heavy (non-hydrogen) atoms. The Labute approximate surface area is 109 Å². The second-order valence-electron chi connectivity index (χ2n) is 4.60. The highest BCUT2D eigenvalue weighted by Gasteiger charge is 2.27. The average Bonchev–Trinajstić information content (AvgIpc) is 2.99. The van der Waals surface area contributed by atoms with Crippen molar-refractivity contribution in [1.29, 1.82) is 5.26 Å². The summed E-state index contributed by atoms with van der Waals surface area (Å²) in [7, 11) is 0. The van der Waals surface area contributed by atoms with Crippen LogP contribution in [0.3, 0.4) is 0 Å². The molecule has 5 heteroatoms. The third kappa shape index (κ3) is 1.81. The number of halogens is 1. The second kappa shape index (κ2) is 4.48. The Kier molecular flexibility index (Phi) is 2.80. The monoisotopic (exact) mass is 257 g/mol. The first kappa shape index (κ1) is 11.9. The van der Waals surface area contributed by atoms with Gasteiger partial charge in [-0.2, -0.15) is 5.26 Å². The van der Waals surface area contributed by atoms with Crippen LogP contribution in [0, 0.1) is 17.1 Å². The van der Waals surface area contributed by atoms with Crippen molar-refractivity contribution in [3.8, 4) is 6.07 Å². The van der Waals surface area contributed by atoms with Crippen molar-refractivity contribution < 1.29 is 9.50 Å². The Morgan fingerprint density at radius 2 is 2.37 bits per heavy atom. The molecule has 96 valence electrons. The van der Waals surface area contributed by atoms with Crippen LogP contribution in [0.5, 0.6) is 0 Å². The molecule has 2 aromatic rings. The van der Waals surface area contributed by atoms with Gasteiger partial charge in [-0.05, 0) is 24.1 Å². The maximum absolute atomic E-state index is 13.7. The number of aromatic nitrogens is 2. The molecule has 0 amide bonds. The molecule has 2 heterocycles. The number of aliphatic hydroxyl groups excluding tert-OH is 1. The van der Waals surface area contributed by atoms with Gasteiger partial charge in [-0.25, -0.2) is 9.37 Å². The van der Waals surface area contributed by atoms with Crippen LogP contribution in [-0.2, 0) is 13.0 Å². The van der Waals surface area contributed by atoms with Crippen molar-refractivity contribution >= 4 is 0 Å². The van der Waals surface area contributed by atoms with Crippen molar-refractivity contribution in [2.75, 3.05) is 0 Å². The summed E-state index contributed by atoms with van der Waals surface area (Å²) in [6.07, 6.45) is 3.30. The van der Waals surface area contributed by atoms with Crippen LogP contribution in [0.1, 0.15) is 35.1 Å². The molecule has 3 rings (SSSR count). The van der Waals surface area contributed by atoms with Crippen LogP contribution >= 0.6 is 0 Å².